The molecule has 5 heteroatoms. The fraction of sp³-hybridized carbons (Fsp3) is 0.550. The number of nitrogens with zero attached hydrogens (tertiary/aromatic N) is 2. The maximum atomic E-state index is 12.5. The molecular weight excluding hydrogens is 316 g/mol. The Morgan fingerprint density at radius 1 is 1.00 bits per heavy atom. The van der Waals surface area contributed by atoms with Gasteiger partial charge in [0.1, 0.15) is 11.5 Å². The molecule has 136 valence electrons. The summed E-state index contributed by atoms with van der Waals surface area (Å²) >= 11 is 0. The van der Waals surface area contributed by atoms with Gasteiger partial charge in [0.25, 0.3) is 0 Å². The van der Waals surface area contributed by atoms with Gasteiger partial charge in [0.15, 0.2) is 0 Å². The van der Waals surface area contributed by atoms with E-state index in [2.05, 4.69) is 4.90 Å². The van der Waals surface area contributed by atoms with Crippen LogP contribution in [0.4, 0.5) is 0 Å². The highest BCUT2D eigenvalue weighted by atomic mass is 16.5. The van der Waals surface area contributed by atoms with E-state index < -0.39 is 0 Å². The van der Waals surface area contributed by atoms with Gasteiger partial charge in [-0.1, -0.05) is 0 Å². The van der Waals surface area contributed by atoms with Crippen LogP contribution >= 0.6 is 0 Å². The number of benzene rings is 1. The Labute approximate surface area is 150 Å². The van der Waals surface area contributed by atoms with E-state index in [1.807, 2.05) is 29.2 Å². The second kappa shape index (κ2) is 8.39. The van der Waals surface area contributed by atoms with Gasteiger partial charge in [-0.3, -0.25) is 4.79 Å². The number of ether oxygens (including phenoxy) is 2. The molecule has 2 heterocycles. The summed E-state index contributed by atoms with van der Waals surface area (Å²) in [4.78, 5) is 17.0. The van der Waals surface area contributed by atoms with Crippen molar-refractivity contribution in [3.63, 3.8) is 0 Å². The molecule has 2 fully saturated rings. The molecule has 1 amide bonds. The standard InChI is InChI=1S/C20H28N2O3/c1-24-18-13-16(14-19(15-18)25-2)5-6-20(23)22-11-7-17(8-12-22)21-9-3-4-10-21/h5-6,13-15,17H,3-4,7-12H2,1-2H3/b6-5+. The van der Waals surface area contributed by atoms with Crippen molar-refractivity contribution >= 4 is 12.0 Å². The number of hydrogen-bond acceptors (Lipinski definition) is 4. The first-order valence-corrected chi connectivity index (χ1v) is 9.13. The van der Waals surface area contributed by atoms with E-state index in [0.717, 1.165) is 43.0 Å². The predicted octanol–water partition coefficient (Wildman–Crippen LogP) is 2.80. The van der Waals surface area contributed by atoms with Crippen molar-refractivity contribution < 1.29 is 14.3 Å². The smallest absolute Gasteiger partial charge is 0.246 e. The van der Waals surface area contributed by atoms with Crippen LogP contribution in [0, 0.1) is 0 Å². The SMILES string of the molecule is COc1cc(/C=C/C(=O)N2CCC(N3CCCC3)CC2)cc(OC)c1. The third-order valence-corrected chi connectivity index (χ3v) is 5.23. The summed E-state index contributed by atoms with van der Waals surface area (Å²) in [6.07, 6.45) is 8.32. The quantitative estimate of drug-likeness (QED) is 0.771. The van der Waals surface area contributed by atoms with Gasteiger partial charge in [0.2, 0.25) is 5.91 Å². The first-order valence-electron chi connectivity index (χ1n) is 9.13. The fourth-order valence-electron chi connectivity index (χ4n) is 3.76. The van der Waals surface area contributed by atoms with E-state index in [0.29, 0.717) is 6.04 Å². The summed E-state index contributed by atoms with van der Waals surface area (Å²) in [7, 11) is 3.25. The van der Waals surface area contributed by atoms with Crippen molar-refractivity contribution in [1.82, 2.24) is 9.80 Å². The average Bonchev–Trinajstić information content (AvgIpc) is 3.20. The molecule has 0 atom stereocenters. The van der Waals surface area contributed by atoms with Gasteiger partial charge in [-0.25, -0.2) is 0 Å². The van der Waals surface area contributed by atoms with E-state index in [-0.39, 0.29) is 5.91 Å². The lowest BCUT2D eigenvalue weighted by atomic mass is 10.0. The molecule has 0 N–H and O–H groups in total. The Kier molecular flexibility index (Phi) is 5.97. The van der Waals surface area contributed by atoms with E-state index >= 15 is 0 Å². The molecule has 0 bridgehead atoms. The number of rotatable bonds is 5. The van der Waals surface area contributed by atoms with Crippen LogP contribution in [0.3, 0.4) is 0 Å². The molecule has 5 nitrogen and oxygen atoms in total. The highest BCUT2D eigenvalue weighted by Crippen LogP contribution is 2.24. The molecule has 0 aromatic heterocycles. The summed E-state index contributed by atoms with van der Waals surface area (Å²) in [6.45, 7) is 4.17. The number of carbonyl (C=O) groups excluding carboxylic acids is 1. The van der Waals surface area contributed by atoms with Crippen molar-refractivity contribution in [2.75, 3.05) is 40.4 Å². The molecule has 2 aliphatic heterocycles. The Morgan fingerprint density at radius 3 is 2.16 bits per heavy atom. The Bertz CT molecular complexity index is 593. The highest BCUT2D eigenvalue weighted by molar-refractivity contribution is 5.92. The van der Waals surface area contributed by atoms with Crippen LogP contribution in [-0.4, -0.2) is 62.1 Å². The van der Waals surface area contributed by atoms with E-state index in [1.54, 1.807) is 20.3 Å². The van der Waals surface area contributed by atoms with Crippen molar-refractivity contribution in [2.24, 2.45) is 0 Å². The van der Waals surface area contributed by atoms with E-state index in [9.17, 15) is 4.79 Å². The van der Waals surface area contributed by atoms with Crippen molar-refractivity contribution in [3.8, 4) is 11.5 Å². The molecular formula is C20H28N2O3. The first kappa shape index (κ1) is 17.8. The Morgan fingerprint density at radius 2 is 1.60 bits per heavy atom. The minimum absolute atomic E-state index is 0.0849. The van der Waals surface area contributed by atoms with Crippen LogP contribution in [0.2, 0.25) is 0 Å². The summed E-state index contributed by atoms with van der Waals surface area (Å²) < 4.78 is 10.5. The molecule has 1 aromatic rings. The summed E-state index contributed by atoms with van der Waals surface area (Å²) in [5, 5.41) is 0. The van der Waals surface area contributed by atoms with Crippen molar-refractivity contribution in [2.45, 2.75) is 31.7 Å². The van der Waals surface area contributed by atoms with Gasteiger partial charge in [0.05, 0.1) is 14.2 Å². The van der Waals surface area contributed by atoms with Gasteiger partial charge in [-0.15, -0.1) is 0 Å². The normalized spacial score (nSPS) is 19.5. The summed E-state index contributed by atoms with van der Waals surface area (Å²) in [5.74, 6) is 1.53. The number of amides is 1. The van der Waals surface area contributed by atoms with Gasteiger partial charge in [-0.05, 0) is 62.5 Å². The second-order valence-corrected chi connectivity index (χ2v) is 6.78. The summed E-state index contributed by atoms with van der Waals surface area (Å²) in [5.41, 5.74) is 0.900. The Balaban J connectivity index is 1.56. The highest BCUT2D eigenvalue weighted by Gasteiger charge is 2.27. The molecule has 0 aliphatic carbocycles. The number of likely N-dealkylation sites (tertiary alicyclic amines) is 2. The zero-order valence-corrected chi connectivity index (χ0v) is 15.2. The number of carbonyl (C=O) groups is 1. The van der Waals surface area contributed by atoms with Crippen LogP contribution < -0.4 is 9.47 Å². The zero-order chi connectivity index (χ0) is 17.6. The third kappa shape index (κ3) is 4.54. The van der Waals surface area contributed by atoms with Crippen molar-refractivity contribution in [3.05, 3.63) is 29.8 Å². The molecule has 2 aliphatic rings. The monoisotopic (exact) mass is 344 g/mol. The van der Waals surface area contributed by atoms with Gasteiger partial charge < -0.3 is 19.3 Å². The van der Waals surface area contributed by atoms with Crippen LogP contribution in [0.25, 0.3) is 6.08 Å². The second-order valence-electron chi connectivity index (χ2n) is 6.78. The third-order valence-electron chi connectivity index (χ3n) is 5.23. The topological polar surface area (TPSA) is 42.0 Å². The number of hydrogen-bond donors (Lipinski definition) is 0. The minimum Gasteiger partial charge on any atom is -0.497 e. The number of methoxy groups -OCH3 is 2. The first-order chi connectivity index (χ1) is 12.2. The van der Waals surface area contributed by atoms with E-state index in [4.69, 9.17) is 9.47 Å². The maximum Gasteiger partial charge on any atom is 0.246 e. The van der Waals surface area contributed by atoms with Crippen LogP contribution in [0.5, 0.6) is 11.5 Å². The predicted molar refractivity (Wildman–Crippen MR) is 99.0 cm³/mol. The van der Waals surface area contributed by atoms with Gasteiger partial charge >= 0.3 is 0 Å². The van der Waals surface area contributed by atoms with Crippen molar-refractivity contribution in [1.29, 1.82) is 0 Å². The van der Waals surface area contributed by atoms with E-state index in [1.165, 1.54) is 25.9 Å². The molecule has 0 spiro atoms. The minimum atomic E-state index is 0.0849. The largest absolute Gasteiger partial charge is 0.497 e. The molecule has 0 radical (unpaired) electrons. The number of piperidine rings is 1. The average molecular weight is 344 g/mol. The Hall–Kier alpha value is -2.01. The molecule has 0 unspecified atom stereocenters. The van der Waals surface area contributed by atoms with Gasteiger partial charge in [-0.2, -0.15) is 0 Å². The molecule has 0 saturated carbocycles. The fourth-order valence-corrected chi connectivity index (χ4v) is 3.76. The van der Waals surface area contributed by atoms with Gasteiger partial charge in [0, 0.05) is 31.3 Å². The lowest BCUT2D eigenvalue weighted by Gasteiger charge is -2.36. The van der Waals surface area contributed by atoms with Crippen LogP contribution in [0.15, 0.2) is 24.3 Å². The molecule has 1 aromatic carbocycles. The van der Waals surface area contributed by atoms with Crippen LogP contribution in [0.1, 0.15) is 31.2 Å². The lowest BCUT2D eigenvalue weighted by molar-refractivity contribution is -0.127. The molecule has 3 rings (SSSR count). The maximum absolute atomic E-state index is 12.5. The zero-order valence-electron chi connectivity index (χ0n) is 15.2. The summed E-state index contributed by atoms with van der Waals surface area (Å²) in [6, 6.07) is 6.28. The molecule has 2 saturated heterocycles. The van der Waals surface area contributed by atoms with Crippen LogP contribution in [-0.2, 0) is 4.79 Å². The lowest BCUT2D eigenvalue weighted by Crippen LogP contribution is -2.45. The molecule has 25 heavy (non-hydrogen) atoms.